The summed E-state index contributed by atoms with van der Waals surface area (Å²) in [4.78, 5) is 28.2. The Balaban J connectivity index is 1.92. The Morgan fingerprint density at radius 1 is 1.00 bits per heavy atom. The fourth-order valence-electron chi connectivity index (χ4n) is 4.47. The maximum absolute atomic E-state index is 13.7. The minimum atomic E-state index is -3.80. The number of amides is 2. The van der Waals surface area contributed by atoms with Gasteiger partial charge >= 0.3 is 0 Å². The highest BCUT2D eigenvalue weighted by atomic mass is 35.5. The lowest BCUT2D eigenvalue weighted by atomic mass is 10.0. The van der Waals surface area contributed by atoms with Crippen molar-refractivity contribution in [2.24, 2.45) is 0 Å². The molecule has 10 heteroatoms. The third-order valence-electron chi connectivity index (χ3n) is 6.79. The van der Waals surface area contributed by atoms with E-state index in [-0.39, 0.29) is 24.4 Å². The van der Waals surface area contributed by atoms with Crippen molar-refractivity contribution >= 4 is 50.7 Å². The van der Waals surface area contributed by atoms with Gasteiger partial charge in [-0.05, 0) is 55.5 Å². The summed E-state index contributed by atoms with van der Waals surface area (Å²) >= 11 is 12.8. The van der Waals surface area contributed by atoms with E-state index >= 15 is 0 Å². The van der Waals surface area contributed by atoms with E-state index in [0.29, 0.717) is 21.3 Å². The molecular weight excluding hydrogens is 533 g/mol. The summed E-state index contributed by atoms with van der Waals surface area (Å²) in [6, 6.07) is 11.3. The molecule has 2 amide bonds. The van der Waals surface area contributed by atoms with Gasteiger partial charge in [-0.25, -0.2) is 8.42 Å². The molecule has 1 N–H and O–H groups in total. The van der Waals surface area contributed by atoms with Gasteiger partial charge in [0.1, 0.15) is 12.6 Å². The third-order valence-corrected chi connectivity index (χ3v) is 8.63. The maximum atomic E-state index is 13.7. The van der Waals surface area contributed by atoms with Crippen LogP contribution in [-0.2, 0) is 26.2 Å². The molecule has 2 aromatic carbocycles. The highest BCUT2D eigenvalue weighted by Gasteiger charge is 2.32. The van der Waals surface area contributed by atoms with Gasteiger partial charge < -0.3 is 10.2 Å². The lowest BCUT2D eigenvalue weighted by Crippen LogP contribution is -2.52. The zero-order chi connectivity index (χ0) is 27.3. The van der Waals surface area contributed by atoms with Gasteiger partial charge in [-0.3, -0.25) is 13.9 Å². The molecule has 202 valence electrons. The number of hydrogen-bond donors (Lipinski definition) is 1. The Morgan fingerprint density at radius 3 is 2.08 bits per heavy atom. The zero-order valence-electron chi connectivity index (χ0n) is 21.7. The molecule has 0 spiro atoms. The first-order valence-electron chi connectivity index (χ1n) is 12.5. The van der Waals surface area contributed by atoms with Crippen molar-refractivity contribution in [3.05, 3.63) is 63.6 Å². The smallest absolute Gasteiger partial charge is 0.244 e. The van der Waals surface area contributed by atoms with Crippen LogP contribution in [0.2, 0.25) is 10.0 Å². The quantitative estimate of drug-likeness (QED) is 0.418. The van der Waals surface area contributed by atoms with Crippen molar-refractivity contribution in [2.45, 2.75) is 71.0 Å². The number of benzene rings is 2. The van der Waals surface area contributed by atoms with Crippen molar-refractivity contribution in [1.82, 2.24) is 10.2 Å². The van der Waals surface area contributed by atoms with Crippen molar-refractivity contribution < 1.29 is 18.0 Å². The van der Waals surface area contributed by atoms with Crippen LogP contribution in [0, 0.1) is 0 Å². The van der Waals surface area contributed by atoms with Crippen molar-refractivity contribution in [2.75, 3.05) is 17.1 Å². The van der Waals surface area contributed by atoms with Gasteiger partial charge in [-0.1, -0.05) is 68.1 Å². The Kier molecular flexibility index (Phi) is 9.89. The molecule has 0 radical (unpaired) electrons. The Hall–Kier alpha value is -2.29. The van der Waals surface area contributed by atoms with Gasteiger partial charge in [0.15, 0.2) is 0 Å². The highest BCUT2D eigenvalue weighted by molar-refractivity contribution is 7.92. The number of anilines is 1. The molecule has 2 aromatic rings. The average molecular weight is 569 g/mol. The van der Waals surface area contributed by atoms with Crippen molar-refractivity contribution in [3.63, 3.8) is 0 Å². The molecular formula is C27H35Cl2N3O4S. The summed E-state index contributed by atoms with van der Waals surface area (Å²) in [7, 11) is -3.80. The first-order chi connectivity index (χ1) is 17.4. The molecule has 0 saturated heterocycles. The van der Waals surface area contributed by atoms with Crippen LogP contribution in [0.25, 0.3) is 0 Å². The number of nitrogens with one attached hydrogen (secondary N) is 1. The molecule has 1 unspecified atom stereocenters. The van der Waals surface area contributed by atoms with Gasteiger partial charge in [0.2, 0.25) is 21.8 Å². The van der Waals surface area contributed by atoms with Crippen LogP contribution in [0.3, 0.4) is 0 Å². The predicted octanol–water partition coefficient (Wildman–Crippen LogP) is 5.36. The van der Waals surface area contributed by atoms with E-state index < -0.39 is 28.5 Å². The van der Waals surface area contributed by atoms with Crippen LogP contribution in [0.4, 0.5) is 5.69 Å². The van der Waals surface area contributed by atoms with Crippen LogP contribution in [-0.4, -0.2) is 50.0 Å². The monoisotopic (exact) mass is 567 g/mol. The standard InChI is InChI=1S/C27H35Cl2N3O4S/c1-18(2)20-12-14-22(15-13-20)32(37(4,35)36)17-26(33)31(16-23-24(28)10-7-11-25(23)29)19(3)27(34)30-21-8-5-6-9-21/h7,10-15,18-19,21H,5-6,8-9,16-17H2,1-4H3,(H,30,34). The summed E-state index contributed by atoms with van der Waals surface area (Å²) in [5.74, 6) is -0.559. The molecule has 0 aromatic heterocycles. The average Bonchev–Trinajstić information content (AvgIpc) is 3.34. The Labute approximate surface area is 230 Å². The number of carbonyl (C=O) groups is 2. The van der Waals surface area contributed by atoms with Crippen molar-refractivity contribution in [3.8, 4) is 0 Å². The molecule has 1 fully saturated rings. The van der Waals surface area contributed by atoms with Crippen LogP contribution in [0.15, 0.2) is 42.5 Å². The van der Waals surface area contributed by atoms with Gasteiger partial charge in [0, 0.05) is 28.2 Å². The first kappa shape index (κ1) is 29.3. The minimum absolute atomic E-state index is 0.0412. The van der Waals surface area contributed by atoms with Gasteiger partial charge in [-0.15, -0.1) is 0 Å². The summed E-state index contributed by atoms with van der Waals surface area (Å²) in [6.45, 7) is 5.21. The van der Waals surface area contributed by atoms with Crippen LogP contribution in [0.1, 0.15) is 63.5 Å². The van der Waals surface area contributed by atoms with E-state index in [1.54, 1.807) is 37.3 Å². The van der Waals surface area contributed by atoms with Gasteiger partial charge in [-0.2, -0.15) is 0 Å². The lowest BCUT2D eigenvalue weighted by molar-refractivity contribution is -0.139. The topological polar surface area (TPSA) is 86.8 Å². The summed E-state index contributed by atoms with van der Waals surface area (Å²) in [5, 5.41) is 3.75. The molecule has 1 atom stereocenters. The normalized spacial score (nSPS) is 15.0. The number of halogens is 2. The predicted molar refractivity (Wildman–Crippen MR) is 150 cm³/mol. The zero-order valence-corrected chi connectivity index (χ0v) is 24.0. The van der Waals surface area contributed by atoms with E-state index in [2.05, 4.69) is 5.32 Å². The first-order valence-corrected chi connectivity index (χ1v) is 15.1. The number of hydrogen-bond acceptors (Lipinski definition) is 4. The fraction of sp³-hybridized carbons (Fsp3) is 0.481. The highest BCUT2D eigenvalue weighted by Crippen LogP contribution is 2.28. The summed E-state index contributed by atoms with van der Waals surface area (Å²) < 4.78 is 26.5. The third kappa shape index (κ3) is 7.62. The molecule has 1 aliphatic rings. The van der Waals surface area contributed by atoms with Gasteiger partial charge in [0.25, 0.3) is 0 Å². The van der Waals surface area contributed by atoms with E-state index in [0.717, 1.165) is 41.8 Å². The SMILES string of the molecule is CC(C)c1ccc(N(CC(=O)N(Cc2c(Cl)cccc2Cl)C(C)C(=O)NC2CCCC2)S(C)(=O)=O)cc1. The molecule has 0 aliphatic heterocycles. The minimum Gasteiger partial charge on any atom is -0.352 e. The largest absolute Gasteiger partial charge is 0.352 e. The molecule has 1 saturated carbocycles. The van der Waals surface area contributed by atoms with Crippen molar-refractivity contribution in [1.29, 1.82) is 0 Å². The van der Waals surface area contributed by atoms with E-state index in [4.69, 9.17) is 23.2 Å². The van der Waals surface area contributed by atoms with Crippen LogP contribution in [0.5, 0.6) is 0 Å². The Morgan fingerprint density at radius 2 is 1.57 bits per heavy atom. The van der Waals surface area contributed by atoms with Crippen LogP contribution < -0.4 is 9.62 Å². The van der Waals surface area contributed by atoms with E-state index in [1.807, 2.05) is 26.0 Å². The number of nitrogens with zero attached hydrogens (tertiary/aromatic N) is 2. The van der Waals surface area contributed by atoms with Gasteiger partial charge in [0.05, 0.1) is 11.9 Å². The molecule has 3 rings (SSSR count). The second kappa shape index (κ2) is 12.5. The second-order valence-electron chi connectivity index (χ2n) is 9.90. The summed E-state index contributed by atoms with van der Waals surface area (Å²) in [6.07, 6.45) is 4.96. The Bertz CT molecular complexity index is 1190. The molecule has 0 heterocycles. The lowest BCUT2D eigenvalue weighted by Gasteiger charge is -2.32. The van der Waals surface area contributed by atoms with Crippen LogP contribution >= 0.6 is 23.2 Å². The second-order valence-corrected chi connectivity index (χ2v) is 12.6. The molecule has 1 aliphatic carbocycles. The number of carbonyl (C=O) groups excluding carboxylic acids is 2. The fourth-order valence-corrected chi connectivity index (χ4v) is 5.83. The molecule has 0 bridgehead atoms. The number of rotatable bonds is 10. The number of sulfonamides is 1. The maximum Gasteiger partial charge on any atom is 0.244 e. The van der Waals surface area contributed by atoms with E-state index in [1.165, 1.54) is 4.90 Å². The summed E-state index contributed by atoms with van der Waals surface area (Å²) in [5.41, 5.74) is 1.92. The van der Waals surface area contributed by atoms with E-state index in [9.17, 15) is 18.0 Å². The molecule has 37 heavy (non-hydrogen) atoms. The molecule has 7 nitrogen and oxygen atoms in total.